The van der Waals surface area contributed by atoms with E-state index in [-0.39, 0.29) is 0 Å². The van der Waals surface area contributed by atoms with Gasteiger partial charge in [-0.05, 0) is 25.0 Å². The van der Waals surface area contributed by atoms with Crippen molar-refractivity contribution in [2.75, 3.05) is 14.2 Å². The second kappa shape index (κ2) is 6.76. The molecule has 5 heteroatoms. The number of rotatable bonds is 5. The van der Waals surface area contributed by atoms with Gasteiger partial charge in [-0.25, -0.2) is 9.97 Å². The highest BCUT2D eigenvalue weighted by Gasteiger charge is 2.16. The minimum absolute atomic E-state index is 0.477. The van der Waals surface area contributed by atoms with E-state index in [0.717, 1.165) is 41.2 Å². The summed E-state index contributed by atoms with van der Waals surface area (Å²) in [6, 6.07) is 5.67. The minimum Gasteiger partial charge on any atom is -0.497 e. The van der Waals surface area contributed by atoms with Gasteiger partial charge in [0.15, 0.2) is 5.15 Å². The van der Waals surface area contributed by atoms with Crippen molar-refractivity contribution in [3.05, 3.63) is 34.7 Å². The van der Waals surface area contributed by atoms with Gasteiger partial charge in [-0.1, -0.05) is 25.4 Å². The number of hydrogen-bond donors (Lipinski definition) is 0. The molecule has 0 spiro atoms. The molecule has 1 heterocycles. The lowest BCUT2D eigenvalue weighted by Crippen LogP contribution is -2.03. The van der Waals surface area contributed by atoms with Crippen molar-refractivity contribution in [1.29, 1.82) is 0 Å². The second-order valence-corrected chi connectivity index (χ2v) is 4.89. The van der Waals surface area contributed by atoms with Crippen LogP contribution in [0.4, 0.5) is 0 Å². The topological polar surface area (TPSA) is 44.2 Å². The van der Waals surface area contributed by atoms with Crippen molar-refractivity contribution in [2.45, 2.75) is 26.7 Å². The summed E-state index contributed by atoms with van der Waals surface area (Å²) in [7, 11) is 3.26. The molecule has 1 aromatic heterocycles. The molecular formula is C16H19ClN2O2. The lowest BCUT2D eigenvalue weighted by molar-refractivity contribution is 0.395. The number of nitrogens with zero attached hydrogens (tertiary/aromatic N) is 2. The van der Waals surface area contributed by atoms with E-state index in [2.05, 4.69) is 9.97 Å². The van der Waals surface area contributed by atoms with Gasteiger partial charge >= 0.3 is 0 Å². The minimum atomic E-state index is 0.477. The Bertz CT molecular complexity index is 644. The Morgan fingerprint density at radius 1 is 1.00 bits per heavy atom. The number of methoxy groups -OCH3 is 2. The number of aryl methyl sites for hydroxylation is 2. The van der Waals surface area contributed by atoms with Gasteiger partial charge in [0.25, 0.3) is 0 Å². The number of aromatic nitrogens is 2. The molecule has 1 aromatic carbocycles. The Morgan fingerprint density at radius 2 is 1.71 bits per heavy atom. The molecule has 0 N–H and O–H groups in total. The van der Waals surface area contributed by atoms with E-state index in [1.165, 1.54) is 0 Å². The molecule has 0 saturated heterocycles. The average molecular weight is 307 g/mol. The Kier molecular flexibility index (Phi) is 5.02. The fourth-order valence-electron chi connectivity index (χ4n) is 2.16. The molecule has 0 aliphatic carbocycles. The zero-order valence-electron chi connectivity index (χ0n) is 12.7. The highest BCUT2D eigenvalue weighted by atomic mass is 35.5. The molecule has 112 valence electrons. The Morgan fingerprint density at radius 3 is 2.29 bits per heavy atom. The summed E-state index contributed by atoms with van der Waals surface area (Å²) in [4.78, 5) is 9.15. The summed E-state index contributed by atoms with van der Waals surface area (Å²) in [5.74, 6) is 1.45. The Balaban J connectivity index is 2.65. The quantitative estimate of drug-likeness (QED) is 0.839. The van der Waals surface area contributed by atoms with Gasteiger partial charge in [0.2, 0.25) is 0 Å². The molecule has 0 unspecified atom stereocenters. The van der Waals surface area contributed by atoms with Gasteiger partial charge < -0.3 is 9.47 Å². The van der Waals surface area contributed by atoms with Crippen LogP contribution in [0.15, 0.2) is 18.2 Å². The van der Waals surface area contributed by atoms with Crippen LogP contribution in [0, 0.1) is 0 Å². The van der Waals surface area contributed by atoms with E-state index in [4.69, 9.17) is 21.1 Å². The first kappa shape index (κ1) is 15.6. The third kappa shape index (κ3) is 3.10. The molecule has 0 bridgehead atoms. The standard InChI is InChI=1S/C16H19ClN2O2/c1-5-12-15(18-13(6-2)16(17)19-12)11-8-7-10(20-3)9-14(11)21-4/h7-9H,5-6H2,1-4H3. The van der Waals surface area contributed by atoms with Gasteiger partial charge in [-0.2, -0.15) is 0 Å². The van der Waals surface area contributed by atoms with Crippen LogP contribution >= 0.6 is 11.6 Å². The number of halogens is 1. The SMILES string of the molecule is CCc1nc(-c2ccc(OC)cc2OC)c(CC)nc1Cl. The zero-order chi connectivity index (χ0) is 15.4. The van der Waals surface area contributed by atoms with Gasteiger partial charge in [0, 0.05) is 11.6 Å². The molecular weight excluding hydrogens is 288 g/mol. The summed E-state index contributed by atoms with van der Waals surface area (Å²) in [6.07, 6.45) is 1.49. The van der Waals surface area contributed by atoms with E-state index in [0.29, 0.717) is 10.9 Å². The molecule has 21 heavy (non-hydrogen) atoms. The van der Waals surface area contributed by atoms with E-state index in [9.17, 15) is 0 Å². The van der Waals surface area contributed by atoms with Crippen molar-refractivity contribution >= 4 is 11.6 Å². The van der Waals surface area contributed by atoms with Crippen LogP contribution in [0.3, 0.4) is 0 Å². The predicted octanol–water partition coefficient (Wildman–Crippen LogP) is 3.94. The molecule has 2 aromatic rings. The number of ether oxygens (including phenoxy) is 2. The van der Waals surface area contributed by atoms with Crippen LogP contribution in [0.25, 0.3) is 11.3 Å². The molecule has 0 radical (unpaired) electrons. The van der Waals surface area contributed by atoms with Gasteiger partial charge in [-0.3, -0.25) is 0 Å². The van der Waals surface area contributed by atoms with Crippen molar-refractivity contribution in [3.63, 3.8) is 0 Å². The van der Waals surface area contributed by atoms with Crippen LogP contribution in [0.1, 0.15) is 25.2 Å². The first-order valence-corrected chi connectivity index (χ1v) is 7.30. The fourth-order valence-corrected chi connectivity index (χ4v) is 2.44. The molecule has 0 aliphatic rings. The predicted molar refractivity (Wildman–Crippen MR) is 84.3 cm³/mol. The van der Waals surface area contributed by atoms with Gasteiger partial charge in [-0.15, -0.1) is 0 Å². The average Bonchev–Trinajstić information content (AvgIpc) is 2.53. The first-order valence-electron chi connectivity index (χ1n) is 6.92. The van der Waals surface area contributed by atoms with Crippen molar-refractivity contribution < 1.29 is 9.47 Å². The fraction of sp³-hybridized carbons (Fsp3) is 0.375. The van der Waals surface area contributed by atoms with Gasteiger partial charge in [0.05, 0.1) is 31.3 Å². The molecule has 0 saturated carbocycles. The van der Waals surface area contributed by atoms with Gasteiger partial charge in [0.1, 0.15) is 11.5 Å². The molecule has 0 aliphatic heterocycles. The van der Waals surface area contributed by atoms with Crippen molar-refractivity contribution in [1.82, 2.24) is 9.97 Å². The second-order valence-electron chi connectivity index (χ2n) is 4.53. The Hall–Kier alpha value is -1.81. The molecule has 2 rings (SSSR count). The van der Waals surface area contributed by atoms with Crippen LogP contribution in [0.2, 0.25) is 5.15 Å². The number of hydrogen-bond acceptors (Lipinski definition) is 4. The van der Waals surface area contributed by atoms with E-state index >= 15 is 0 Å². The normalized spacial score (nSPS) is 10.5. The van der Waals surface area contributed by atoms with Crippen LogP contribution < -0.4 is 9.47 Å². The molecule has 0 fully saturated rings. The summed E-state index contributed by atoms with van der Waals surface area (Å²) < 4.78 is 10.7. The van der Waals surface area contributed by atoms with E-state index < -0.39 is 0 Å². The van der Waals surface area contributed by atoms with E-state index in [1.54, 1.807) is 14.2 Å². The van der Waals surface area contributed by atoms with Crippen molar-refractivity contribution in [2.24, 2.45) is 0 Å². The monoisotopic (exact) mass is 306 g/mol. The summed E-state index contributed by atoms with van der Waals surface area (Å²) in [5.41, 5.74) is 3.37. The maximum Gasteiger partial charge on any atom is 0.150 e. The first-order chi connectivity index (χ1) is 10.1. The third-order valence-electron chi connectivity index (χ3n) is 3.32. The van der Waals surface area contributed by atoms with Crippen LogP contribution in [-0.2, 0) is 12.8 Å². The lowest BCUT2D eigenvalue weighted by Gasteiger charge is -2.14. The smallest absolute Gasteiger partial charge is 0.150 e. The number of benzene rings is 1. The van der Waals surface area contributed by atoms with Crippen molar-refractivity contribution in [3.8, 4) is 22.8 Å². The highest BCUT2D eigenvalue weighted by Crippen LogP contribution is 2.34. The molecule has 4 nitrogen and oxygen atoms in total. The largest absolute Gasteiger partial charge is 0.497 e. The van der Waals surface area contributed by atoms with E-state index in [1.807, 2.05) is 32.0 Å². The van der Waals surface area contributed by atoms with Crippen LogP contribution in [0.5, 0.6) is 11.5 Å². The highest BCUT2D eigenvalue weighted by molar-refractivity contribution is 6.30. The summed E-state index contributed by atoms with van der Waals surface area (Å²) in [5, 5.41) is 0.477. The maximum absolute atomic E-state index is 6.16. The molecule has 0 amide bonds. The Labute approximate surface area is 130 Å². The summed E-state index contributed by atoms with van der Waals surface area (Å²) >= 11 is 6.16. The summed E-state index contributed by atoms with van der Waals surface area (Å²) in [6.45, 7) is 4.04. The van der Waals surface area contributed by atoms with Crippen LogP contribution in [-0.4, -0.2) is 24.2 Å². The zero-order valence-corrected chi connectivity index (χ0v) is 13.5. The maximum atomic E-state index is 6.16. The lowest BCUT2D eigenvalue weighted by atomic mass is 10.1. The molecule has 0 atom stereocenters. The third-order valence-corrected chi connectivity index (χ3v) is 3.63.